The van der Waals surface area contributed by atoms with Crippen molar-refractivity contribution >= 4 is 0 Å². The summed E-state index contributed by atoms with van der Waals surface area (Å²) >= 11 is 0. The van der Waals surface area contributed by atoms with Crippen LogP contribution in [0.2, 0.25) is 0 Å². The first kappa shape index (κ1) is 16.1. The smallest absolute Gasteiger partial charge is 0.128 e. The van der Waals surface area contributed by atoms with Crippen LogP contribution in [-0.4, -0.2) is 24.5 Å². The molecular formula is C15H24F2N2. The van der Waals surface area contributed by atoms with Crippen LogP contribution < -0.4 is 5.73 Å². The van der Waals surface area contributed by atoms with Crippen molar-refractivity contribution < 1.29 is 8.78 Å². The van der Waals surface area contributed by atoms with Gasteiger partial charge in [-0.3, -0.25) is 0 Å². The van der Waals surface area contributed by atoms with Crippen LogP contribution in [0.25, 0.3) is 0 Å². The van der Waals surface area contributed by atoms with E-state index in [0.29, 0.717) is 18.5 Å². The SMILES string of the molecule is CC(C)CC(C)N(C)CC(N)c1cc(F)ccc1F. The van der Waals surface area contributed by atoms with Crippen molar-refractivity contribution in [1.29, 1.82) is 0 Å². The second kappa shape index (κ2) is 6.96. The van der Waals surface area contributed by atoms with Gasteiger partial charge in [-0.2, -0.15) is 0 Å². The van der Waals surface area contributed by atoms with E-state index in [9.17, 15) is 8.78 Å². The van der Waals surface area contributed by atoms with Crippen molar-refractivity contribution in [1.82, 2.24) is 4.90 Å². The van der Waals surface area contributed by atoms with Gasteiger partial charge < -0.3 is 10.6 Å². The second-order valence-corrected chi connectivity index (χ2v) is 5.69. The molecule has 0 saturated carbocycles. The van der Waals surface area contributed by atoms with Crippen LogP contribution in [-0.2, 0) is 0 Å². The lowest BCUT2D eigenvalue weighted by atomic mass is 10.0. The van der Waals surface area contributed by atoms with Crippen LogP contribution in [0.4, 0.5) is 8.78 Å². The molecule has 0 spiro atoms. The number of hydrogen-bond donors (Lipinski definition) is 1. The minimum absolute atomic E-state index is 0.239. The summed E-state index contributed by atoms with van der Waals surface area (Å²) in [5.74, 6) is -0.303. The molecule has 0 aliphatic carbocycles. The fourth-order valence-electron chi connectivity index (χ4n) is 2.25. The molecule has 2 nitrogen and oxygen atoms in total. The number of hydrogen-bond acceptors (Lipinski definition) is 2. The number of nitrogens with zero attached hydrogens (tertiary/aromatic N) is 1. The lowest BCUT2D eigenvalue weighted by molar-refractivity contribution is 0.215. The Morgan fingerprint density at radius 2 is 1.84 bits per heavy atom. The van der Waals surface area contributed by atoms with Gasteiger partial charge in [0, 0.05) is 24.2 Å². The topological polar surface area (TPSA) is 29.3 Å². The van der Waals surface area contributed by atoms with Crippen LogP contribution in [0.15, 0.2) is 18.2 Å². The van der Waals surface area contributed by atoms with E-state index < -0.39 is 17.7 Å². The molecular weight excluding hydrogens is 246 g/mol. The Morgan fingerprint density at radius 1 is 1.21 bits per heavy atom. The van der Waals surface area contributed by atoms with Gasteiger partial charge >= 0.3 is 0 Å². The summed E-state index contributed by atoms with van der Waals surface area (Å²) in [6, 6.07) is 3.26. The van der Waals surface area contributed by atoms with Gasteiger partial charge in [0.05, 0.1) is 0 Å². The Bertz CT molecular complexity index is 407. The first-order valence-electron chi connectivity index (χ1n) is 6.72. The van der Waals surface area contributed by atoms with Gasteiger partial charge in [-0.15, -0.1) is 0 Å². The van der Waals surface area contributed by atoms with Crippen LogP contribution in [0.1, 0.15) is 38.8 Å². The molecule has 4 heteroatoms. The fraction of sp³-hybridized carbons (Fsp3) is 0.600. The third-order valence-electron chi connectivity index (χ3n) is 3.41. The Labute approximate surface area is 114 Å². The molecule has 2 unspecified atom stereocenters. The zero-order valence-electron chi connectivity index (χ0n) is 12.2. The average molecular weight is 270 g/mol. The molecule has 0 heterocycles. The molecule has 0 radical (unpaired) electrons. The number of benzene rings is 1. The largest absolute Gasteiger partial charge is 0.323 e. The highest BCUT2D eigenvalue weighted by molar-refractivity contribution is 5.22. The van der Waals surface area contributed by atoms with Gasteiger partial charge in [0.15, 0.2) is 0 Å². The van der Waals surface area contributed by atoms with Gasteiger partial charge in [0.2, 0.25) is 0 Å². The van der Waals surface area contributed by atoms with Crippen molar-refractivity contribution in [3.8, 4) is 0 Å². The van der Waals surface area contributed by atoms with E-state index in [1.54, 1.807) is 0 Å². The maximum Gasteiger partial charge on any atom is 0.128 e. The minimum Gasteiger partial charge on any atom is -0.323 e. The van der Waals surface area contributed by atoms with E-state index in [0.717, 1.165) is 18.6 Å². The standard InChI is InChI=1S/C15H24F2N2/c1-10(2)7-11(3)19(4)9-15(18)13-8-12(16)5-6-14(13)17/h5-6,8,10-11,15H,7,9,18H2,1-4H3. The summed E-state index contributed by atoms with van der Waals surface area (Å²) in [5, 5.41) is 0. The molecule has 2 N–H and O–H groups in total. The third kappa shape index (κ3) is 4.88. The third-order valence-corrected chi connectivity index (χ3v) is 3.41. The number of nitrogens with two attached hydrogens (primary N) is 1. The van der Waals surface area contributed by atoms with Gasteiger partial charge in [-0.05, 0) is 44.5 Å². The molecule has 19 heavy (non-hydrogen) atoms. The summed E-state index contributed by atoms with van der Waals surface area (Å²) in [4.78, 5) is 2.09. The maximum atomic E-state index is 13.6. The van der Waals surface area contributed by atoms with Crippen LogP contribution in [0, 0.1) is 17.6 Å². The molecule has 0 bridgehead atoms. The molecule has 1 aromatic rings. The number of rotatable bonds is 6. The van der Waals surface area contributed by atoms with Crippen molar-refractivity contribution in [3.63, 3.8) is 0 Å². The minimum atomic E-state index is -0.518. The normalized spacial score (nSPS) is 15.0. The average Bonchev–Trinajstić information content (AvgIpc) is 2.31. The molecule has 0 fully saturated rings. The van der Waals surface area contributed by atoms with Gasteiger partial charge in [0.25, 0.3) is 0 Å². The molecule has 0 saturated heterocycles. The Balaban J connectivity index is 2.68. The summed E-state index contributed by atoms with van der Waals surface area (Å²) < 4.78 is 26.8. The van der Waals surface area contributed by atoms with Crippen LogP contribution >= 0.6 is 0 Å². The highest BCUT2D eigenvalue weighted by Gasteiger charge is 2.18. The van der Waals surface area contributed by atoms with E-state index in [4.69, 9.17) is 5.73 Å². The fourth-order valence-corrected chi connectivity index (χ4v) is 2.25. The first-order valence-corrected chi connectivity index (χ1v) is 6.72. The molecule has 0 aliphatic heterocycles. The molecule has 0 amide bonds. The first-order chi connectivity index (χ1) is 8.81. The van der Waals surface area contributed by atoms with Crippen LogP contribution in [0.5, 0.6) is 0 Å². The monoisotopic (exact) mass is 270 g/mol. The molecule has 108 valence electrons. The van der Waals surface area contributed by atoms with E-state index >= 15 is 0 Å². The van der Waals surface area contributed by atoms with Gasteiger partial charge in [-0.25, -0.2) is 8.78 Å². The Kier molecular flexibility index (Phi) is 5.88. The van der Waals surface area contributed by atoms with E-state index in [-0.39, 0.29) is 5.56 Å². The predicted octanol–water partition coefficient (Wildman–Crippen LogP) is 3.33. The summed E-state index contributed by atoms with van der Waals surface area (Å²) in [7, 11) is 1.96. The van der Waals surface area contributed by atoms with Crippen molar-refractivity contribution in [3.05, 3.63) is 35.4 Å². The quantitative estimate of drug-likeness (QED) is 0.859. The Hall–Kier alpha value is -1.00. The lowest BCUT2D eigenvalue weighted by Gasteiger charge is -2.28. The van der Waals surface area contributed by atoms with Crippen molar-refractivity contribution in [2.24, 2.45) is 11.7 Å². The predicted molar refractivity (Wildman–Crippen MR) is 74.8 cm³/mol. The number of likely N-dealkylation sites (N-methyl/N-ethyl adjacent to an activating group) is 1. The van der Waals surface area contributed by atoms with Gasteiger partial charge in [-0.1, -0.05) is 13.8 Å². The van der Waals surface area contributed by atoms with Crippen molar-refractivity contribution in [2.75, 3.05) is 13.6 Å². The summed E-state index contributed by atoms with van der Waals surface area (Å²) in [5.41, 5.74) is 6.23. The molecule has 0 aliphatic rings. The van der Waals surface area contributed by atoms with Crippen molar-refractivity contribution in [2.45, 2.75) is 39.3 Å². The van der Waals surface area contributed by atoms with E-state index in [1.165, 1.54) is 6.07 Å². The summed E-state index contributed by atoms with van der Waals surface area (Å²) in [6.07, 6.45) is 1.05. The van der Waals surface area contributed by atoms with Gasteiger partial charge in [0.1, 0.15) is 11.6 Å². The maximum absolute atomic E-state index is 13.6. The highest BCUT2D eigenvalue weighted by atomic mass is 19.1. The zero-order chi connectivity index (χ0) is 14.6. The Morgan fingerprint density at radius 3 is 2.42 bits per heavy atom. The molecule has 0 aromatic heterocycles. The molecule has 2 atom stereocenters. The van der Waals surface area contributed by atoms with E-state index in [2.05, 4.69) is 25.7 Å². The summed E-state index contributed by atoms with van der Waals surface area (Å²) in [6.45, 7) is 6.95. The van der Waals surface area contributed by atoms with E-state index in [1.807, 2.05) is 7.05 Å². The second-order valence-electron chi connectivity index (χ2n) is 5.69. The van der Waals surface area contributed by atoms with Crippen LogP contribution in [0.3, 0.4) is 0 Å². The lowest BCUT2D eigenvalue weighted by Crippen LogP contribution is -2.36. The number of halogens is 2. The highest BCUT2D eigenvalue weighted by Crippen LogP contribution is 2.19. The molecule has 1 aromatic carbocycles. The molecule has 1 rings (SSSR count). The zero-order valence-corrected chi connectivity index (χ0v) is 12.2.